The minimum atomic E-state index is -3.56. The lowest BCUT2D eigenvalue weighted by atomic mass is 11.0. The minimum Gasteiger partial charge on any atom is -0.172 e. The molecule has 4 heteroatoms. The fraction of sp³-hybridized carbons (Fsp3) is 1.00. The van der Waals surface area contributed by atoms with Crippen LogP contribution in [-0.2, 0) is 0 Å². The Morgan fingerprint density at radius 1 is 1.14 bits per heavy atom. The zero-order chi connectivity index (χ0) is 6.50. The molecule has 0 aliphatic heterocycles. The summed E-state index contributed by atoms with van der Waals surface area (Å²) >= 11 is 7.92. The highest BCUT2D eigenvalue weighted by molar-refractivity contribution is 6.45. The van der Waals surface area contributed by atoms with Gasteiger partial charge in [0.2, 0.25) is 0 Å². The third-order valence-corrected chi connectivity index (χ3v) is 0. The molecule has 0 rings (SSSR count). The summed E-state index contributed by atoms with van der Waals surface area (Å²) in [5.74, 6) is 0. The van der Waals surface area contributed by atoms with E-state index in [1.807, 2.05) is 13.8 Å². The number of hydrogen-bond acceptors (Lipinski definition) is 0. The van der Waals surface area contributed by atoms with E-state index in [2.05, 4.69) is 23.2 Å². The van der Waals surface area contributed by atoms with Crippen LogP contribution < -0.4 is 0 Å². The summed E-state index contributed by atoms with van der Waals surface area (Å²) in [4.78, 5) is -3.56. The zero-order valence-electron chi connectivity index (χ0n) is 4.01. The molecule has 0 aromatic rings. The van der Waals surface area contributed by atoms with Crippen molar-refractivity contribution in [3.8, 4) is 0 Å². The van der Waals surface area contributed by atoms with Crippen LogP contribution in [0.4, 0.5) is 8.78 Å². The summed E-state index contributed by atoms with van der Waals surface area (Å²) in [6, 6.07) is 0. The monoisotopic (exact) mass is 150 g/mol. The first-order valence-electron chi connectivity index (χ1n) is 1.76. The Hall–Kier alpha value is 0.440. The van der Waals surface area contributed by atoms with Crippen molar-refractivity contribution >= 4 is 23.2 Å². The van der Waals surface area contributed by atoms with Crippen LogP contribution in [0.1, 0.15) is 13.8 Å². The molecule has 0 bridgehead atoms. The topological polar surface area (TPSA) is 0 Å². The molecule has 0 nitrogen and oxygen atoms in total. The molecular formula is C3H6Cl2F2. The van der Waals surface area contributed by atoms with E-state index in [9.17, 15) is 8.78 Å². The lowest BCUT2D eigenvalue weighted by Crippen LogP contribution is -1.86. The molecule has 0 unspecified atom stereocenters. The molecule has 0 aromatic heterocycles. The summed E-state index contributed by atoms with van der Waals surface area (Å²) in [6.07, 6.45) is 0. The van der Waals surface area contributed by atoms with Crippen LogP contribution in [0.15, 0.2) is 0 Å². The quantitative estimate of drug-likeness (QED) is 0.466. The molecule has 0 N–H and O–H groups in total. The van der Waals surface area contributed by atoms with E-state index in [1.54, 1.807) is 0 Å². The van der Waals surface area contributed by atoms with Gasteiger partial charge in [0.15, 0.2) is 0 Å². The number of alkyl halides is 4. The maximum atomic E-state index is 10.6. The summed E-state index contributed by atoms with van der Waals surface area (Å²) in [5, 5.41) is 0. The normalized spacial score (nSPS) is 9.43. The van der Waals surface area contributed by atoms with Gasteiger partial charge in [0.1, 0.15) is 0 Å². The Balaban J connectivity index is 0. The first-order chi connectivity index (χ1) is 3.00. The molecule has 0 amide bonds. The van der Waals surface area contributed by atoms with Gasteiger partial charge in [-0.05, 0) is 23.2 Å². The van der Waals surface area contributed by atoms with Crippen molar-refractivity contribution in [3.05, 3.63) is 0 Å². The summed E-state index contributed by atoms with van der Waals surface area (Å²) in [6.45, 7) is 4.00. The van der Waals surface area contributed by atoms with E-state index in [1.165, 1.54) is 0 Å². The maximum Gasteiger partial charge on any atom is 0.401 e. The summed E-state index contributed by atoms with van der Waals surface area (Å²) in [5.41, 5.74) is 0. The van der Waals surface area contributed by atoms with Gasteiger partial charge in [0.05, 0.1) is 0 Å². The molecule has 0 spiro atoms. The van der Waals surface area contributed by atoms with Crippen molar-refractivity contribution in [2.24, 2.45) is 0 Å². The van der Waals surface area contributed by atoms with Crippen molar-refractivity contribution in [2.75, 3.05) is 0 Å². The second-order valence-corrected chi connectivity index (χ2v) is 1.57. The molecular weight excluding hydrogens is 145 g/mol. The Bertz CT molecular complexity index is 26.4. The third kappa shape index (κ3) is 656. The molecule has 7 heavy (non-hydrogen) atoms. The first kappa shape index (κ1) is 10.4. The lowest BCUT2D eigenvalue weighted by molar-refractivity contribution is 0.194. The standard InChI is InChI=1S/C2H6.CCl2F2/c1-2;2-1(3,4)5/h1-2H3;. The number of hydrogen-bond donors (Lipinski definition) is 0. The van der Waals surface area contributed by atoms with E-state index in [0.717, 1.165) is 0 Å². The molecule has 0 radical (unpaired) electrons. The fourth-order valence-corrected chi connectivity index (χ4v) is 0. The van der Waals surface area contributed by atoms with Crippen LogP contribution in [0, 0.1) is 0 Å². The molecule has 0 atom stereocenters. The average molecular weight is 151 g/mol. The fourth-order valence-electron chi connectivity index (χ4n) is 0. The van der Waals surface area contributed by atoms with E-state index < -0.39 is 4.84 Å². The van der Waals surface area contributed by atoms with Crippen LogP contribution in [0.3, 0.4) is 0 Å². The minimum absolute atomic E-state index is 2.00. The van der Waals surface area contributed by atoms with E-state index >= 15 is 0 Å². The molecule has 0 saturated carbocycles. The maximum absolute atomic E-state index is 10.6. The van der Waals surface area contributed by atoms with Gasteiger partial charge in [0, 0.05) is 0 Å². The van der Waals surface area contributed by atoms with E-state index in [0.29, 0.717) is 0 Å². The smallest absolute Gasteiger partial charge is 0.172 e. The molecule has 0 aromatic carbocycles. The van der Waals surface area contributed by atoms with Gasteiger partial charge in [-0.1, -0.05) is 13.8 Å². The van der Waals surface area contributed by atoms with Gasteiger partial charge in [-0.3, -0.25) is 0 Å². The van der Waals surface area contributed by atoms with Gasteiger partial charge in [-0.15, -0.1) is 0 Å². The van der Waals surface area contributed by atoms with Gasteiger partial charge in [-0.2, -0.15) is 8.78 Å². The zero-order valence-corrected chi connectivity index (χ0v) is 5.52. The van der Waals surface area contributed by atoms with Gasteiger partial charge in [0.25, 0.3) is 0 Å². The first-order valence-corrected chi connectivity index (χ1v) is 2.51. The molecule has 0 aliphatic carbocycles. The molecule has 0 heterocycles. The summed E-state index contributed by atoms with van der Waals surface area (Å²) < 4.78 is 21.1. The molecule has 0 saturated heterocycles. The molecule has 46 valence electrons. The van der Waals surface area contributed by atoms with Gasteiger partial charge in [-0.25, -0.2) is 0 Å². The van der Waals surface area contributed by atoms with Gasteiger partial charge >= 0.3 is 4.84 Å². The van der Waals surface area contributed by atoms with Crippen LogP contribution in [0.25, 0.3) is 0 Å². The Morgan fingerprint density at radius 2 is 1.14 bits per heavy atom. The van der Waals surface area contributed by atoms with Gasteiger partial charge < -0.3 is 0 Å². The molecule has 0 fully saturated rings. The Labute approximate surface area is 51.4 Å². The number of rotatable bonds is 0. The highest BCUT2D eigenvalue weighted by atomic mass is 35.5. The van der Waals surface area contributed by atoms with E-state index in [-0.39, 0.29) is 0 Å². The van der Waals surface area contributed by atoms with Crippen LogP contribution in [0.2, 0.25) is 0 Å². The van der Waals surface area contributed by atoms with Crippen molar-refractivity contribution in [1.82, 2.24) is 0 Å². The van der Waals surface area contributed by atoms with Crippen molar-refractivity contribution in [2.45, 2.75) is 18.7 Å². The van der Waals surface area contributed by atoms with Crippen molar-refractivity contribution in [1.29, 1.82) is 0 Å². The predicted molar refractivity (Wildman–Crippen MR) is 28.0 cm³/mol. The van der Waals surface area contributed by atoms with Crippen molar-refractivity contribution in [3.63, 3.8) is 0 Å². The van der Waals surface area contributed by atoms with Crippen LogP contribution in [-0.4, -0.2) is 4.84 Å². The van der Waals surface area contributed by atoms with Crippen LogP contribution >= 0.6 is 23.2 Å². The highest BCUT2D eigenvalue weighted by Crippen LogP contribution is 2.22. The SMILES string of the molecule is CC.FC(F)(Cl)Cl. The average Bonchev–Trinajstić information content (AvgIpc) is 1.36. The largest absolute Gasteiger partial charge is 0.401 e. The number of halogens is 4. The Kier molecular flexibility index (Phi) is 6.84. The summed E-state index contributed by atoms with van der Waals surface area (Å²) in [7, 11) is 0. The van der Waals surface area contributed by atoms with E-state index in [4.69, 9.17) is 0 Å². The lowest BCUT2D eigenvalue weighted by Gasteiger charge is -1.87. The van der Waals surface area contributed by atoms with Crippen molar-refractivity contribution < 1.29 is 8.78 Å². The Morgan fingerprint density at radius 3 is 1.14 bits per heavy atom. The second kappa shape index (κ2) is 4.60. The predicted octanol–water partition coefficient (Wildman–Crippen LogP) is 3.04. The third-order valence-electron chi connectivity index (χ3n) is 0. The molecule has 0 aliphatic rings. The second-order valence-electron chi connectivity index (χ2n) is 0.429. The van der Waals surface area contributed by atoms with Crippen LogP contribution in [0.5, 0.6) is 0 Å². The highest BCUT2D eigenvalue weighted by Gasteiger charge is 2.17.